The molecule has 3 rings (SSSR count). The van der Waals surface area contributed by atoms with E-state index >= 15 is 0 Å². The molecule has 1 amide bonds. The number of hydrogen-bond donors (Lipinski definition) is 1. The van der Waals surface area contributed by atoms with Crippen LogP contribution in [0.25, 0.3) is 10.2 Å². The Bertz CT molecular complexity index is 1060. The van der Waals surface area contributed by atoms with Gasteiger partial charge in [-0.15, -0.1) is 11.3 Å². The number of ether oxygens (including phenoxy) is 2. The highest BCUT2D eigenvalue weighted by molar-refractivity contribution is 7.99. The third-order valence-corrected chi connectivity index (χ3v) is 5.84. The Morgan fingerprint density at radius 3 is 2.78 bits per heavy atom. The average Bonchev–Trinajstić information content (AvgIpc) is 3.04. The molecule has 0 saturated carbocycles. The molecule has 0 bridgehead atoms. The number of methoxy groups -OCH3 is 2. The maximum absolute atomic E-state index is 12.4. The fourth-order valence-electron chi connectivity index (χ4n) is 2.52. The SMILES string of the molecule is COc1ccc(OC)c(NC(=O)CSc2nc3sc(C)cc3c(=O)n2C)c1. The van der Waals surface area contributed by atoms with E-state index in [0.717, 1.165) is 4.88 Å². The van der Waals surface area contributed by atoms with Crippen molar-refractivity contribution in [1.29, 1.82) is 0 Å². The second-order valence-electron chi connectivity index (χ2n) is 5.74. The summed E-state index contributed by atoms with van der Waals surface area (Å²) in [6.07, 6.45) is 0. The van der Waals surface area contributed by atoms with Gasteiger partial charge in [-0.1, -0.05) is 11.8 Å². The highest BCUT2D eigenvalue weighted by Gasteiger charge is 2.14. The van der Waals surface area contributed by atoms with E-state index in [1.165, 1.54) is 34.8 Å². The number of carbonyl (C=O) groups excluding carboxylic acids is 1. The zero-order valence-electron chi connectivity index (χ0n) is 15.4. The first-order valence-electron chi connectivity index (χ1n) is 8.04. The number of aryl methyl sites for hydroxylation is 1. The summed E-state index contributed by atoms with van der Waals surface area (Å²) in [6, 6.07) is 7.00. The fraction of sp³-hybridized carbons (Fsp3) is 0.278. The van der Waals surface area contributed by atoms with Gasteiger partial charge in [-0.3, -0.25) is 14.2 Å². The number of hydrogen-bond acceptors (Lipinski definition) is 7. The van der Waals surface area contributed by atoms with Crippen molar-refractivity contribution in [3.8, 4) is 11.5 Å². The third kappa shape index (κ3) is 4.09. The minimum absolute atomic E-state index is 0.108. The number of nitrogens with zero attached hydrogens (tertiary/aromatic N) is 2. The molecule has 27 heavy (non-hydrogen) atoms. The summed E-state index contributed by atoms with van der Waals surface area (Å²) >= 11 is 2.68. The zero-order valence-corrected chi connectivity index (χ0v) is 17.0. The number of aromatic nitrogens is 2. The first kappa shape index (κ1) is 19.2. The van der Waals surface area contributed by atoms with Crippen LogP contribution in [0, 0.1) is 6.92 Å². The summed E-state index contributed by atoms with van der Waals surface area (Å²) in [5.74, 6) is 1.02. The maximum Gasteiger partial charge on any atom is 0.262 e. The summed E-state index contributed by atoms with van der Waals surface area (Å²) in [4.78, 5) is 31.0. The lowest BCUT2D eigenvalue weighted by atomic mass is 10.2. The first-order valence-corrected chi connectivity index (χ1v) is 9.85. The number of carbonyl (C=O) groups is 1. The number of fused-ring (bicyclic) bond motifs is 1. The van der Waals surface area contributed by atoms with E-state index < -0.39 is 0 Å². The molecule has 0 aliphatic heterocycles. The van der Waals surface area contributed by atoms with Gasteiger partial charge in [0.2, 0.25) is 5.91 Å². The summed E-state index contributed by atoms with van der Waals surface area (Å²) in [5.41, 5.74) is 0.412. The molecule has 0 unspecified atom stereocenters. The van der Waals surface area contributed by atoms with Crippen LogP contribution in [0.15, 0.2) is 34.2 Å². The van der Waals surface area contributed by atoms with Crippen LogP contribution in [-0.4, -0.2) is 35.4 Å². The Labute approximate surface area is 164 Å². The Morgan fingerprint density at radius 1 is 1.30 bits per heavy atom. The largest absolute Gasteiger partial charge is 0.497 e. The second kappa shape index (κ2) is 8.01. The smallest absolute Gasteiger partial charge is 0.262 e. The van der Waals surface area contributed by atoms with Gasteiger partial charge in [-0.2, -0.15) is 0 Å². The molecule has 0 saturated heterocycles. The molecule has 142 valence electrons. The molecular weight excluding hydrogens is 386 g/mol. The Hall–Kier alpha value is -2.52. The molecule has 0 aliphatic carbocycles. The van der Waals surface area contributed by atoms with Crippen LogP contribution in [0.3, 0.4) is 0 Å². The van der Waals surface area contributed by atoms with Crippen molar-refractivity contribution in [3.63, 3.8) is 0 Å². The average molecular weight is 406 g/mol. The van der Waals surface area contributed by atoms with Crippen LogP contribution in [0.2, 0.25) is 0 Å². The monoisotopic (exact) mass is 405 g/mol. The first-order chi connectivity index (χ1) is 12.9. The molecule has 0 spiro atoms. The van der Waals surface area contributed by atoms with E-state index in [1.807, 2.05) is 13.0 Å². The van der Waals surface area contributed by atoms with Gasteiger partial charge in [0.05, 0.1) is 31.0 Å². The minimum atomic E-state index is -0.233. The number of thioether (sulfide) groups is 1. The Kier molecular flexibility index (Phi) is 5.71. The van der Waals surface area contributed by atoms with Crippen LogP contribution in [-0.2, 0) is 11.8 Å². The van der Waals surface area contributed by atoms with E-state index in [9.17, 15) is 9.59 Å². The predicted octanol–water partition coefficient (Wildman–Crippen LogP) is 3.05. The number of rotatable bonds is 6. The number of amides is 1. The van der Waals surface area contributed by atoms with Crippen molar-refractivity contribution in [3.05, 3.63) is 39.5 Å². The van der Waals surface area contributed by atoms with Crippen LogP contribution in [0.5, 0.6) is 11.5 Å². The molecule has 2 heterocycles. The lowest BCUT2D eigenvalue weighted by molar-refractivity contribution is -0.113. The van der Waals surface area contributed by atoms with Crippen LogP contribution in [0.1, 0.15) is 4.88 Å². The zero-order chi connectivity index (χ0) is 19.6. The standard InChI is InChI=1S/C18H19N3O4S2/c1-10-7-12-16(27-10)20-18(21(2)17(12)23)26-9-15(22)19-13-8-11(24-3)5-6-14(13)25-4/h5-8H,9H2,1-4H3,(H,19,22). The third-order valence-electron chi connectivity index (χ3n) is 3.87. The summed E-state index contributed by atoms with van der Waals surface area (Å²) < 4.78 is 11.9. The molecule has 0 aliphatic rings. The molecule has 0 fully saturated rings. The van der Waals surface area contributed by atoms with Crippen molar-refractivity contribution >= 4 is 44.9 Å². The molecule has 0 radical (unpaired) electrons. The van der Waals surface area contributed by atoms with Gasteiger partial charge in [-0.05, 0) is 25.1 Å². The molecule has 1 aromatic carbocycles. The second-order valence-corrected chi connectivity index (χ2v) is 7.91. The molecule has 0 atom stereocenters. The number of benzene rings is 1. The Morgan fingerprint density at radius 2 is 2.07 bits per heavy atom. The van der Waals surface area contributed by atoms with Crippen LogP contribution >= 0.6 is 23.1 Å². The highest BCUT2D eigenvalue weighted by Crippen LogP contribution is 2.29. The molecule has 3 aromatic rings. The lowest BCUT2D eigenvalue weighted by Gasteiger charge is -2.12. The molecule has 7 nitrogen and oxygen atoms in total. The molecule has 2 aromatic heterocycles. The summed E-state index contributed by atoms with van der Waals surface area (Å²) in [5, 5.41) is 3.91. The predicted molar refractivity (Wildman–Crippen MR) is 108 cm³/mol. The summed E-state index contributed by atoms with van der Waals surface area (Å²) in [6.45, 7) is 1.94. The van der Waals surface area contributed by atoms with Gasteiger partial charge in [0.25, 0.3) is 5.56 Å². The van der Waals surface area contributed by atoms with Gasteiger partial charge in [0.15, 0.2) is 5.16 Å². The number of nitrogens with one attached hydrogen (secondary N) is 1. The van der Waals surface area contributed by atoms with Crippen molar-refractivity contribution in [2.75, 3.05) is 25.3 Å². The quantitative estimate of drug-likeness (QED) is 0.501. The van der Waals surface area contributed by atoms with Gasteiger partial charge >= 0.3 is 0 Å². The van der Waals surface area contributed by atoms with E-state index in [2.05, 4.69) is 10.3 Å². The van der Waals surface area contributed by atoms with E-state index in [1.54, 1.807) is 32.4 Å². The van der Waals surface area contributed by atoms with Crippen molar-refractivity contribution in [1.82, 2.24) is 9.55 Å². The van der Waals surface area contributed by atoms with Crippen molar-refractivity contribution in [2.45, 2.75) is 12.1 Å². The van der Waals surface area contributed by atoms with Crippen LogP contribution in [0.4, 0.5) is 5.69 Å². The van der Waals surface area contributed by atoms with Crippen LogP contribution < -0.4 is 20.3 Å². The van der Waals surface area contributed by atoms with Crippen molar-refractivity contribution in [2.24, 2.45) is 7.05 Å². The maximum atomic E-state index is 12.4. The van der Waals surface area contributed by atoms with Gasteiger partial charge in [0.1, 0.15) is 16.3 Å². The minimum Gasteiger partial charge on any atom is -0.497 e. The van der Waals surface area contributed by atoms with Gasteiger partial charge < -0.3 is 14.8 Å². The molecule has 9 heteroatoms. The van der Waals surface area contributed by atoms with Gasteiger partial charge in [-0.25, -0.2) is 4.98 Å². The number of thiophene rings is 1. The normalized spacial score (nSPS) is 10.8. The van der Waals surface area contributed by atoms with Gasteiger partial charge in [0, 0.05) is 18.0 Å². The van der Waals surface area contributed by atoms with Crippen molar-refractivity contribution < 1.29 is 14.3 Å². The lowest BCUT2D eigenvalue weighted by Crippen LogP contribution is -2.21. The summed E-state index contributed by atoms with van der Waals surface area (Å²) in [7, 11) is 4.75. The topological polar surface area (TPSA) is 82.5 Å². The van der Waals surface area contributed by atoms with E-state index in [0.29, 0.717) is 32.6 Å². The fourth-order valence-corrected chi connectivity index (χ4v) is 4.22. The highest BCUT2D eigenvalue weighted by atomic mass is 32.2. The molecule has 1 N–H and O–H groups in total. The molecular formula is C18H19N3O4S2. The Balaban J connectivity index is 1.76. The van der Waals surface area contributed by atoms with E-state index in [4.69, 9.17) is 9.47 Å². The van der Waals surface area contributed by atoms with E-state index in [-0.39, 0.29) is 17.2 Å². The number of anilines is 1.